The van der Waals surface area contributed by atoms with Gasteiger partial charge in [0, 0.05) is 12.4 Å². The van der Waals surface area contributed by atoms with E-state index in [0.717, 1.165) is 16.9 Å². The number of nitrogens with zero attached hydrogens (tertiary/aromatic N) is 2. The Kier molecular flexibility index (Phi) is 2.94. The molecule has 0 spiro atoms. The number of hydrogen-bond donors (Lipinski definition) is 2. The number of aromatic nitrogens is 2. The molecular formula is C12H17N3O. The summed E-state index contributed by atoms with van der Waals surface area (Å²) in [5.41, 5.74) is 8.62. The predicted molar refractivity (Wildman–Crippen MR) is 63.3 cm³/mol. The van der Waals surface area contributed by atoms with Gasteiger partial charge in [-0.1, -0.05) is 13.8 Å². The lowest BCUT2D eigenvalue weighted by Gasteiger charge is -2.07. The molecule has 2 rings (SSSR count). The van der Waals surface area contributed by atoms with Crippen molar-refractivity contribution in [3.05, 3.63) is 35.8 Å². The maximum Gasteiger partial charge on any atom is 0.137 e. The van der Waals surface area contributed by atoms with Crippen LogP contribution in [-0.4, -0.2) is 21.1 Å². The first-order chi connectivity index (χ1) is 7.61. The van der Waals surface area contributed by atoms with Gasteiger partial charge in [0.25, 0.3) is 0 Å². The Labute approximate surface area is 94.7 Å². The molecule has 0 bridgehead atoms. The van der Waals surface area contributed by atoms with Crippen LogP contribution < -0.4 is 5.73 Å². The van der Waals surface area contributed by atoms with Crippen molar-refractivity contribution in [1.82, 2.24) is 9.38 Å². The van der Waals surface area contributed by atoms with Crippen LogP contribution in [0.3, 0.4) is 0 Å². The molecular weight excluding hydrogens is 202 g/mol. The first-order valence-electron chi connectivity index (χ1n) is 5.47. The lowest BCUT2D eigenvalue weighted by atomic mass is 10.1. The van der Waals surface area contributed by atoms with E-state index in [9.17, 15) is 0 Å². The van der Waals surface area contributed by atoms with Crippen LogP contribution in [-0.2, 0) is 0 Å². The van der Waals surface area contributed by atoms with E-state index in [1.165, 1.54) is 0 Å². The van der Waals surface area contributed by atoms with Crippen LogP contribution >= 0.6 is 0 Å². The van der Waals surface area contributed by atoms with E-state index in [2.05, 4.69) is 18.8 Å². The molecule has 0 radical (unpaired) electrons. The number of aliphatic hydroxyl groups is 1. The third kappa shape index (κ3) is 1.94. The fraction of sp³-hybridized carbons (Fsp3) is 0.417. The average molecular weight is 219 g/mol. The van der Waals surface area contributed by atoms with E-state index >= 15 is 0 Å². The van der Waals surface area contributed by atoms with Crippen molar-refractivity contribution < 1.29 is 5.11 Å². The van der Waals surface area contributed by atoms with Gasteiger partial charge in [-0.2, -0.15) is 0 Å². The Hall–Kier alpha value is -1.39. The second-order valence-corrected chi connectivity index (χ2v) is 4.34. The Morgan fingerprint density at radius 1 is 1.50 bits per heavy atom. The molecule has 0 aliphatic carbocycles. The first kappa shape index (κ1) is 11.1. The summed E-state index contributed by atoms with van der Waals surface area (Å²) in [5.74, 6) is 0.412. The second kappa shape index (κ2) is 4.23. The molecule has 86 valence electrons. The van der Waals surface area contributed by atoms with Crippen molar-refractivity contribution in [3.8, 4) is 0 Å². The minimum Gasteiger partial charge on any atom is -0.394 e. The zero-order chi connectivity index (χ0) is 11.7. The summed E-state index contributed by atoms with van der Waals surface area (Å²) < 4.78 is 1.98. The zero-order valence-corrected chi connectivity index (χ0v) is 9.59. The number of imidazole rings is 1. The monoisotopic (exact) mass is 219 g/mol. The molecule has 16 heavy (non-hydrogen) atoms. The van der Waals surface area contributed by atoms with Gasteiger partial charge in [-0.15, -0.1) is 0 Å². The van der Waals surface area contributed by atoms with Crippen LogP contribution in [0.2, 0.25) is 0 Å². The summed E-state index contributed by atoms with van der Waals surface area (Å²) in [7, 11) is 0. The Bertz CT molecular complexity index is 490. The standard InChI is InChI=1S/C12H17N3O/c1-8(2)11-6-15-4-3-9(10(13)7-16)5-12(15)14-11/h3-6,8,10,16H,7,13H2,1-2H3. The highest BCUT2D eigenvalue weighted by atomic mass is 16.3. The Balaban J connectivity index is 2.45. The lowest BCUT2D eigenvalue weighted by Crippen LogP contribution is -2.14. The zero-order valence-electron chi connectivity index (χ0n) is 9.59. The van der Waals surface area contributed by atoms with Gasteiger partial charge >= 0.3 is 0 Å². The third-order valence-corrected chi connectivity index (χ3v) is 2.72. The largest absolute Gasteiger partial charge is 0.394 e. The van der Waals surface area contributed by atoms with Crippen LogP contribution in [0.5, 0.6) is 0 Å². The minimum atomic E-state index is -0.329. The molecule has 0 aromatic carbocycles. The molecule has 3 N–H and O–H groups in total. The fourth-order valence-electron chi connectivity index (χ4n) is 1.63. The molecule has 4 heteroatoms. The summed E-state index contributed by atoms with van der Waals surface area (Å²) in [5, 5.41) is 9.00. The van der Waals surface area contributed by atoms with Gasteiger partial charge in [0.2, 0.25) is 0 Å². The highest BCUT2D eigenvalue weighted by Gasteiger charge is 2.08. The van der Waals surface area contributed by atoms with E-state index in [-0.39, 0.29) is 12.6 Å². The highest BCUT2D eigenvalue weighted by molar-refractivity contribution is 5.44. The van der Waals surface area contributed by atoms with Gasteiger partial charge in [-0.25, -0.2) is 4.98 Å². The maximum absolute atomic E-state index is 9.00. The Morgan fingerprint density at radius 3 is 2.88 bits per heavy atom. The van der Waals surface area contributed by atoms with Crippen molar-refractivity contribution in [3.63, 3.8) is 0 Å². The summed E-state index contributed by atoms with van der Waals surface area (Å²) in [6.07, 6.45) is 3.95. The van der Waals surface area contributed by atoms with E-state index in [1.807, 2.05) is 28.9 Å². The van der Waals surface area contributed by atoms with Crippen LogP contribution in [0.15, 0.2) is 24.5 Å². The van der Waals surface area contributed by atoms with E-state index in [0.29, 0.717) is 5.92 Å². The molecule has 2 aromatic heterocycles. The Morgan fingerprint density at radius 2 is 2.25 bits per heavy atom. The van der Waals surface area contributed by atoms with Crippen molar-refractivity contribution in [2.75, 3.05) is 6.61 Å². The molecule has 0 aliphatic rings. The normalized spacial score (nSPS) is 13.6. The molecule has 1 atom stereocenters. The highest BCUT2D eigenvalue weighted by Crippen LogP contribution is 2.17. The van der Waals surface area contributed by atoms with Gasteiger partial charge < -0.3 is 15.2 Å². The molecule has 4 nitrogen and oxygen atoms in total. The van der Waals surface area contributed by atoms with Crippen LogP contribution in [0.1, 0.15) is 37.1 Å². The summed E-state index contributed by atoms with van der Waals surface area (Å²) >= 11 is 0. The number of hydrogen-bond acceptors (Lipinski definition) is 3. The van der Waals surface area contributed by atoms with Gasteiger partial charge in [0.15, 0.2) is 0 Å². The van der Waals surface area contributed by atoms with E-state index < -0.39 is 0 Å². The smallest absolute Gasteiger partial charge is 0.137 e. The van der Waals surface area contributed by atoms with Gasteiger partial charge in [-0.3, -0.25) is 0 Å². The lowest BCUT2D eigenvalue weighted by molar-refractivity contribution is 0.268. The SMILES string of the molecule is CC(C)c1cn2ccc(C(N)CO)cc2n1. The molecule has 1 unspecified atom stereocenters. The van der Waals surface area contributed by atoms with Crippen molar-refractivity contribution in [2.45, 2.75) is 25.8 Å². The number of nitrogens with two attached hydrogens (primary N) is 1. The van der Waals surface area contributed by atoms with E-state index in [4.69, 9.17) is 10.8 Å². The molecule has 0 saturated carbocycles. The molecule has 2 heterocycles. The number of fused-ring (bicyclic) bond motifs is 1. The van der Waals surface area contributed by atoms with E-state index in [1.54, 1.807) is 0 Å². The van der Waals surface area contributed by atoms with Crippen molar-refractivity contribution in [2.24, 2.45) is 5.73 Å². The average Bonchev–Trinajstić information content (AvgIpc) is 2.70. The third-order valence-electron chi connectivity index (χ3n) is 2.72. The quantitative estimate of drug-likeness (QED) is 0.821. The summed E-state index contributed by atoms with van der Waals surface area (Å²) in [4.78, 5) is 4.52. The topological polar surface area (TPSA) is 63.5 Å². The van der Waals surface area contributed by atoms with Gasteiger partial charge in [-0.05, 0) is 23.6 Å². The second-order valence-electron chi connectivity index (χ2n) is 4.34. The summed E-state index contributed by atoms with van der Waals surface area (Å²) in [6.45, 7) is 4.18. The molecule has 2 aromatic rings. The van der Waals surface area contributed by atoms with Gasteiger partial charge in [0.05, 0.1) is 18.3 Å². The van der Waals surface area contributed by atoms with Crippen LogP contribution in [0.4, 0.5) is 0 Å². The van der Waals surface area contributed by atoms with Crippen LogP contribution in [0.25, 0.3) is 5.65 Å². The van der Waals surface area contributed by atoms with Crippen LogP contribution in [0, 0.1) is 0 Å². The molecule has 0 fully saturated rings. The molecule has 0 saturated heterocycles. The number of rotatable bonds is 3. The molecule has 0 aliphatic heterocycles. The molecule has 0 amide bonds. The predicted octanol–water partition coefficient (Wildman–Crippen LogP) is 1.45. The fourth-order valence-corrected chi connectivity index (χ4v) is 1.63. The number of pyridine rings is 1. The van der Waals surface area contributed by atoms with Crippen molar-refractivity contribution >= 4 is 5.65 Å². The van der Waals surface area contributed by atoms with Crippen molar-refractivity contribution in [1.29, 1.82) is 0 Å². The maximum atomic E-state index is 9.00. The van der Waals surface area contributed by atoms with Gasteiger partial charge in [0.1, 0.15) is 5.65 Å². The first-order valence-corrected chi connectivity index (χ1v) is 5.47. The number of aliphatic hydroxyl groups excluding tert-OH is 1. The summed E-state index contributed by atoms with van der Waals surface area (Å²) in [6, 6.07) is 3.51. The minimum absolute atomic E-state index is 0.0477.